The number of hydrogen-bond donors (Lipinski definition) is 3. The number of rotatable bonds is 4. The van der Waals surface area contributed by atoms with Gasteiger partial charge in [0, 0.05) is 5.02 Å². The van der Waals surface area contributed by atoms with Crippen molar-refractivity contribution in [2.75, 3.05) is 12.5 Å². The van der Waals surface area contributed by atoms with Gasteiger partial charge in [0.25, 0.3) is 0 Å². The SMILES string of the molecule is COC(=O)C1=C(c2cc(Cl)cc(NN)c2)CC2C([C@@H](C)O)C(=O)N12. The van der Waals surface area contributed by atoms with E-state index in [1.165, 1.54) is 12.0 Å². The number of β-lactam (4-membered cyclic amide) rings is 1. The number of ether oxygens (including phenoxy) is 1. The van der Waals surface area contributed by atoms with E-state index in [2.05, 4.69) is 5.43 Å². The lowest BCUT2D eigenvalue weighted by Crippen LogP contribution is -2.61. The largest absolute Gasteiger partial charge is 0.464 e. The van der Waals surface area contributed by atoms with Crippen LogP contribution in [0.4, 0.5) is 5.69 Å². The molecule has 128 valence electrons. The Hall–Kier alpha value is -2.09. The number of carbonyl (C=O) groups excluding carboxylic acids is 2. The van der Waals surface area contributed by atoms with Crippen LogP contribution >= 0.6 is 11.6 Å². The van der Waals surface area contributed by atoms with E-state index >= 15 is 0 Å². The molecule has 0 bridgehead atoms. The number of halogens is 1. The van der Waals surface area contributed by atoms with Crippen LogP contribution in [0, 0.1) is 5.92 Å². The van der Waals surface area contributed by atoms with Crippen LogP contribution in [0.25, 0.3) is 5.57 Å². The molecule has 0 radical (unpaired) electrons. The number of anilines is 1. The molecule has 2 heterocycles. The zero-order valence-corrected chi connectivity index (χ0v) is 14.0. The molecule has 1 aromatic rings. The van der Waals surface area contributed by atoms with Crippen molar-refractivity contribution >= 4 is 34.7 Å². The summed E-state index contributed by atoms with van der Waals surface area (Å²) in [5, 5.41) is 10.3. The van der Waals surface area contributed by atoms with Gasteiger partial charge in [-0.15, -0.1) is 0 Å². The molecule has 0 aromatic heterocycles. The molecule has 0 aliphatic carbocycles. The number of amides is 1. The highest BCUT2D eigenvalue weighted by molar-refractivity contribution is 6.31. The van der Waals surface area contributed by atoms with E-state index in [0.717, 1.165) is 0 Å². The van der Waals surface area contributed by atoms with E-state index in [1.54, 1.807) is 25.1 Å². The molecule has 1 fully saturated rings. The van der Waals surface area contributed by atoms with Gasteiger partial charge in [-0.05, 0) is 42.7 Å². The number of nitrogens with one attached hydrogen (secondary N) is 1. The van der Waals surface area contributed by atoms with Crippen molar-refractivity contribution in [2.24, 2.45) is 11.8 Å². The Morgan fingerprint density at radius 2 is 2.21 bits per heavy atom. The van der Waals surface area contributed by atoms with Gasteiger partial charge in [-0.3, -0.25) is 10.6 Å². The van der Waals surface area contributed by atoms with Gasteiger partial charge in [-0.2, -0.15) is 0 Å². The molecule has 4 N–H and O–H groups in total. The van der Waals surface area contributed by atoms with Crippen molar-refractivity contribution in [3.05, 3.63) is 34.5 Å². The van der Waals surface area contributed by atoms with Gasteiger partial charge in [-0.25, -0.2) is 4.79 Å². The van der Waals surface area contributed by atoms with E-state index in [-0.39, 0.29) is 17.6 Å². The summed E-state index contributed by atoms with van der Waals surface area (Å²) in [7, 11) is 1.27. The van der Waals surface area contributed by atoms with E-state index in [9.17, 15) is 14.7 Å². The van der Waals surface area contributed by atoms with E-state index in [4.69, 9.17) is 22.2 Å². The first kappa shape index (κ1) is 16.8. The molecule has 1 saturated heterocycles. The Balaban J connectivity index is 2.08. The number of methoxy groups -OCH3 is 1. The second-order valence-electron chi connectivity index (χ2n) is 5.94. The van der Waals surface area contributed by atoms with Crippen LogP contribution in [0.2, 0.25) is 5.02 Å². The predicted octanol–water partition coefficient (Wildman–Crippen LogP) is 1.12. The highest BCUT2D eigenvalue weighted by Gasteiger charge is 2.56. The normalized spacial score (nSPS) is 23.7. The second kappa shape index (κ2) is 6.08. The Labute approximate surface area is 144 Å². The van der Waals surface area contributed by atoms with Crippen LogP contribution in [0.5, 0.6) is 0 Å². The molecule has 2 unspecified atom stereocenters. The van der Waals surface area contributed by atoms with Crippen LogP contribution in [0.1, 0.15) is 18.9 Å². The number of esters is 1. The second-order valence-corrected chi connectivity index (χ2v) is 6.37. The van der Waals surface area contributed by atoms with Crippen LogP contribution in [-0.4, -0.2) is 41.1 Å². The fourth-order valence-electron chi connectivity index (χ4n) is 3.46. The maximum atomic E-state index is 12.3. The topological polar surface area (TPSA) is 105 Å². The fourth-order valence-corrected chi connectivity index (χ4v) is 3.70. The minimum Gasteiger partial charge on any atom is -0.464 e. The van der Waals surface area contributed by atoms with Crippen LogP contribution in [0.3, 0.4) is 0 Å². The Bertz CT molecular complexity index is 747. The van der Waals surface area contributed by atoms with E-state index in [1.807, 2.05) is 0 Å². The summed E-state index contributed by atoms with van der Waals surface area (Å²) >= 11 is 6.11. The molecular weight excluding hydrogens is 334 g/mol. The van der Waals surface area contributed by atoms with Crippen molar-refractivity contribution in [1.82, 2.24) is 4.90 Å². The zero-order chi connectivity index (χ0) is 17.6. The third kappa shape index (κ3) is 2.45. The highest BCUT2D eigenvalue weighted by atomic mass is 35.5. The molecule has 1 amide bonds. The number of fused-ring (bicyclic) bond motifs is 1. The third-order valence-electron chi connectivity index (χ3n) is 4.52. The molecule has 2 aliphatic rings. The van der Waals surface area contributed by atoms with Gasteiger partial charge in [0.05, 0.1) is 30.9 Å². The average Bonchev–Trinajstić information content (AvgIpc) is 2.88. The molecule has 7 nitrogen and oxygen atoms in total. The first-order valence-electron chi connectivity index (χ1n) is 7.49. The van der Waals surface area contributed by atoms with Crippen molar-refractivity contribution in [1.29, 1.82) is 0 Å². The summed E-state index contributed by atoms with van der Waals surface area (Å²) < 4.78 is 4.84. The third-order valence-corrected chi connectivity index (χ3v) is 4.74. The number of hydrogen-bond acceptors (Lipinski definition) is 6. The molecule has 1 aromatic carbocycles. The van der Waals surface area contributed by atoms with E-state index < -0.39 is 18.0 Å². The maximum absolute atomic E-state index is 12.3. The monoisotopic (exact) mass is 351 g/mol. The maximum Gasteiger partial charge on any atom is 0.355 e. The van der Waals surface area contributed by atoms with Crippen LogP contribution in [-0.2, 0) is 14.3 Å². The Morgan fingerprint density at radius 3 is 2.79 bits per heavy atom. The summed E-state index contributed by atoms with van der Waals surface area (Å²) in [5.74, 6) is 4.06. The molecule has 3 atom stereocenters. The van der Waals surface area contributed by atoms with Crippen molar-refractivity contribution < 1.29 is 19.4 Å². The van der Waals surface area contributed by atoms with Crippen molar-refractivity contribution in [3.63, 3.8) is 0 Å². The van der Waals surface area contributed by atoms with Gasteiger partial charge < -0.3 is 20.2 Å². The molecule has 8 heteroatoms. The number of benzene rings is 1. The predicted molar refractivity (Wildman–Crippen MR) is 88.6 cm³/mol. The Morgan fingerprint density at radius 1 is 1.50 bits per heavy atom. The van der Waals surface area contributed by atoms with Gasteiger partial charge >= 0.3 is 5.97 Å². The molecule has 0 saturated carbocycles. The van der Waals surface area contributed by atoms with Crippen LogP contribution in [0.15, 0.2) is 23.9 Å². The summed E-state index contributed by atoms with van der Waals surface area (Å²) in [4.78, 5) is 26.0. The van der Waals surface area contributed by atoms with Crippen LogP contribution < -0.4 is 11.3 Å². The zero-order valence-electron chi connectivity index (χ0n) is 13.2. The molecular formula is C16H18ClN3O4. The fraction of sp³-hybridized carbons (Fsp3) is 0.375. The highest BCUT2D eigenvalue weighted by Crippen LogP contribution is 2.47. The molecule has 3 rings (SSSR count). The number of nitrogens with zero attached hydrogens (tertiary/aromatic N) is 1. The van der Waals surface area contributed by atoms with Gasteiger partial charge in [0.1, 0.15) is 5.70 Å². The molecule has 0 spiro atoms. The van der Waals surface area contributed by atoms with E-state index in [0.29, 0.717) is 28.3 Å². The summed E-state index contributed by atoms with van der Waals surface area (Å²) in [6.07, 6.45) is -0.339. The van der Waals surface area contributed by atoms with Gasteiger partial charge in [0.2, 0.25) is 5.91 Å². The number of carbonyl (C=O) groups is 2. The van der Waals surface area contributed by atoms with Gasteiger partial charge in [-0.1, -0.05) is 11.6 Å². The number of nitrogens with two attached hydrogens (primary N) is 1. The van der Waals surface area contributed by atoms with Crippen molar-refractivity contribution in [2.45, 2.75) is 25.5 Å². The number of aliphatic hydroxyl groups excluding tert-OH is 1. The Kier molecular flexibility index (Phi) is 4.25. The minimum atomic E-state index is -0.780. The number of aliphatic hydroxyl groups is 1. The average molecular weight is 352 g/mol. The number of hydrazine groups is 1. The standard InChI is InChI=1S/C16H18ClN3O4/c1-7(21)13-12-6-11(8-3-9(17)5-10(4-8)19-18)14(16(23)24-2)20(12)15(13)22/h3-5,7,12-13,19,21H,6,18H2,1-2H3/t7-,12?,13?/m1/s1. The summed E-state index contributed by atoms with van der Waals surface area (Å²) in [6, 6.07) is 4.85. The van der Waals surface area contributed by atoms with Gasteiger partial charge in [0.15, 0.2) is 0 Å². The first-order chi connectivity index (χ1) is 11.4. The smallest absolute Gasteiger partial charge is 0.355 e. The lowest BCUT2D eigenvalue weighted by atomic mass is 9.82. The quantitative estimate of drug-likeness (QED) is 0.325. The lowest BCUT2D eigenvalue weighted by molar-refractivity contribution is -0.161. The van der Waals surface area contributed by atoms with Crippen molar-refractivity contribution in [3.8, 4) is 0 Å². The lowest BCUT2D eigenvalue weighted by Gasteiger charge is -2.44. The summed E-state index contributed by atoms with van der Waals surface area (Å²) in [5.41, 5.74) is 4.65. The first-order valence-corrected chi connectivity index (χ1v) is 7.87. The number of nitrogen functional groups attached to an aromatic ring is 1. The molecule has 24 heavy (non-hydrogen) atoms. The molecule has 2 aliphatic heterocycles. The minimum absolute atomic E-state index is 0.203. The summed E-state index contributed by atoms with van der Waals surface area (Å²) in [6.45, 7) is 1.57.